The van der Waals surface area contributed by atoms with Crippen LogP contribution in [0.5, 0.6) is 0 Å². The second kappa shape index (κ2) is 11.6. The summed E-state index contributed by atoms with van der Waals surface area (Å²) in [6, 6.07) is 25.6. The lowest BCUT2D eigenvalue weighted by molar-refractivity contribution is 0.538. The average Bonchev–Trinajstić information content (AvgIpc) is 2.86. The Morgan fingerprint density at radius 3 is 1.62 bits per heavy atom. The highest BCUT2D eigenvalue weighted by Crippen LogP contribution is 2.42. The van der Waals surface area contributed by atoms with Crippen LogP contribution in [-0.2, 0) is 19.7 Å². The van der Waals surface area contributed by atoms with Crippen LogP contribution >= 0.6 is 0 Å². The van der Waals surface area contributed by atoms with Gasteiger partial charge < -0.3 is 0 Å². The zero-order valence-corrected chi connectivity index (χ0v) is 24.4. The van der Waals surface area contributed by atoms with Crippen molar-refractivity contribution in [2.75, 3.05) is 0 Å². The lowest BCUT2D eigenvalue weighted by Crippen LogP contribution is -2.46. The fourth-order valence-electron chi connectivity index (χ4n) is 4.30. The van der Waals surface area contributed by atoms with Crippen LogP contribution in [0.3, 0.4) is 0 Å². The van der Waals surface area contributed by atoms with E-state index in [9.17, 15) is 16.8 Å². The van der Waals surface area contributed by atoms with Crippen molar-refractivity contribution in [3.8, 4) is 11.8 Å². The third-order valence-electron chi connectivity index (χ3n) is 6.02. The molecule has 0 saturated carbocycles. The third kappa shape index (κ3) is 6.69. The molecule has 7 heteroatoms. The van der Waals surface area contributed by atoms with Crippen LogP contribution in [0.4, 0.5) is 0 Å². The van der Waals surface area contributed by atoms with Gasteiger partial charge in [-0.3, -0.25) is 0 Å². The molecule has 0 N–H and O–H groups in total. The molecule has 3 aromatic carbocycles. The predicted octanol–water partition coefficient (Wildman–Crippen LogP) is 6.75. The Kier molecular flexibility index (Phi) is 9.01. The van der Waals surface area contributed by atoms with Crippen molar-refractivity contribution in [1.29, 1.82) is 0 Å². The number of allylic oxidation sites excluding steroid dienone is 2. The van der Waals surface area contributed by atoms with E-state index in [0.29, 0.717) is 5.56 Å². The van der Waals surface area contributed by atoms with Gasteiger partial charge in [-0.05, 0) is 49.4 Å². The SMILES string of the molecule is C/C(=C\CC(CC#Cc1ccccc1)(S(=O)(=O)c1ccccc1)S(=O)(=O)c1ccccc1)C[Si](C)(C)C. The van der Waals surface area contributed by atoms with E-state index in [0.717, 1.165) is 11.6 Å². The van der Waals surface area contributed by atoms with Crippen LogP contribution in [0.1, 0.15) is 25.3 Å². The maximum Gasteiger partial charge on any atom is 0.200 e. The van der Waals surface area contributed by atoms with E-state index in [1.807, 2.05) is 37.3 Å². The van der Waals surface area contributed by atoms with Crippen molar-refractivity contribution < 1.29 is 16.8 Å². The zero-order valence-electron chi connectivity index (χ0n) is 21.8. The van der Waals surface area contributed by atoms with Gasteiger partial charge in [0.15, 0.2) is 23.8 Å². The molecule has 0 amide bonds. The van der Waals surface area contributed by atoms with Gasteiger partial charge in [-0.15, -0.1) is 0 Å². The maximum atomic E-state index is 14.3. The van der Waals surface area contributed by atoms with Crippen LogP contribution < -0.4 is 0 Å². The molecular formula is C30H34O4S2Si. The Hall–Kier alpha value is -2.92. The number of sulfone groups is 2. The zero-order chi connectivity index (χ0) is 27.2. The van der Waals surface area contributed by atoms with Crippen molar-refractivity contribution in [2.24, 2.45) is 0 Å². The molecule has 0 bridgehead atoms. The summed E-state index contributed by atoms with van der Waals surface area (Å²) in [7, 11) is -10.3. The van der Waals surface area contributed by atoms with E-state index in [2.05, 4.69) is 31.5 Å². The predicted molar refractivity (Wildman–Crippen MR) is 154 cm³/mol. The quantitative estimate of drug-likeness (QED) is 0.168. The first kappa shape index (κ1) is 28.6. The molecular weight excluding hydrogens is 517 g/mol. The smallest absolute Gasteiger partial charge is 0.200 e. The van der Waals surface area contributed by atoms with E-state index in [-0.39, 0.29) is 22.6 Å². The lowest BCUT2D eigenvalue weighted by Gasteiger charge is -2.31. The molecule has 0 aromatic heterocycles. The molecule has 0 aliphatic heterocycles. The maximum absolute atomic E-state index is 14.3. The summed E-state index contributed by atoms with van der Waals surface area (Å²) in [6.45, 7) is 8.63. The summed E-state index contributed by atoms with van der Waals surface area (Å²) in [4.78, 5) is -0.0699. The summed E-state index contributed by atoms with van der Waals surface area (Å²) in [5, 5.41) is 0. The van der Waals surface area contributed by atoms with Crippen LogP contribution in [0.15, 0.2) is 112 Å². The molecule has 0 saturated heterocycles. The highest BCUT2D eigenvalue weighted by atomic mass is 32.3. The number of benzene rings is 3. The van der Waals surface area contributed by atoms with Crippen molar-refractivity contribution in [1.82, 2.24) is 0 Å². The van der Waals surface area contributed by atoms with E-state index < -0.39 is 31.8 Å². The summed E-state index contributed by atoms with van der Waals surface area (Å²) in [6.07, 6.45) is 1.23. The van der Waals surface area contributed by atoms with Crippen LogP contribution in [-0.4, -0.2) is 29.0 Å². The average molecular weight is 551 g/mol. The van der Waals surface area contributed by atoms with Gasteiger partial charge in [-0.1, -0.05) is 97.7 Å². The summed E-state index contributed by atoms with van der Waals surface area (Å²) in [5.41, 5.74) is 1.68. The van der Waals surface area contributed by atoms with Gasteiger partial charge >= 0.3 is 0 Å². The van der Waals surface area contributed by atoms with Crippen molar-refractivity contribution in [2.45, 2.75) is 59.3 Å². The van der Waals surface area contributed by atoms with Crippen molar-refractivity contribution >= 4 is 27.7 Å². The summed E-state index contributed by atoms with van der Waals surface area (Å²) in [5.74, 6) is 5.92. The molecule has 0 fully saturated rings. The minimum atomic E-state index is -4.39. The fraction of sp³-hybridized carbons (Fsp3) is 0.267. The first-order valence-corrected chi connectivity index (χ1v) is 18.9. The Morgan fingerprint density at radius 2 is 1.19 bits per heavy atom. The Labute approximate surface area is 223 Å². The minimum absolute atomic E-state index is 0.0349. The molecule has 0 aliphatic rings. The molecule has 0 radical (unpaired) electrons. The molecule has 194 valence electrons. The molecule has 3 rings (SSSR count). The number of hydrogen-bond acceptors (Lipinski definition) is 4. The molecule has 4 nitrogen and oxygen atoms in total. The Balaban J connectivity index is 2.29. The summed E-state index contributed by atoms with van der Waals surface area (Å²) >= 11 is 0. The Bertz CT molecular complexity index is 1420. The van der Waals surface area contributed by atoms with Gasteiger partial charge in [-0.2, -0.15) is 0 Å². The van der Waals surface area contributed by atoms with E-state index >= 15 is 0 Å². The van der Waals surface area contributed by atoms with E-state index in [1.54, 1.807) is 42.5 Å². The monoisotopic (exact) mass is 550 g/mol. The number of rotatable bonds is 9. The molecule has 0 unspecified atom stereocenters. The van der Waals surface area contributed by atoms with Crippen molar-refractivity contribution in [3.05, 3.63) is 108 Å². The summed E-state index contributed by atoms with van der Waals surface area (Å²) < 4.78 is 55.2. The van der Waals surface area contributed by atoms with Crippen molar-refractivity contribution in [3.63, 3.8) is 0 Å². The topological polar surface area (TPSA) is 68.3 Å². The second-order valence-corrected chi connectivity index (χ2v) is 20.6. The largest absolute Gasteiger partial charge is 0.222 e. The molecule has 0 aliphatic carbocycles. The first-order chi connectivity index (χ1) is 17.4. The Morgan fingerprint density at radius 1 is 0.757 bits per heavy atom. The van der Waals surface area contributed by atoms with Gasteiger partial charge in [0.05, 0.1) is 9.79 Å². The van der Waals surface area contributed by atoms with Crippen LogP contribution in [0, 0.1) is 11.8 Å². The minimum Gasteiger partial charge on any atom is -0.222 e. The van der Waals surface area contributed by atoms with Gasteiger partial charge in [0.2, 0.25) is 0 Å². The molecule has 0 heterocycles. The highest BCUT2D eigenvalue weighted by Gasteiger charge is 2.55. The number of hydrogen-bond donors (Lipinski definition) is 0. The van der Waals surface area contributed by atoms with E-state index in [4.69, 9.17) is 0 Å². The van der Waals surface area contributed by atoms with Crippen LogP contribution in [0.2, 0.25) is 25.7 Å². The van der Waals surface area contributed by atoms with Gasteiger partial charge in [-0.25, -0.2) is 16.8 Å². The second-order valence-electron chi connectivity index (χ2n) is 10.4. The first-order valence-electron chi connectivity index (χ1n) is 12.2. The third-order valence-corrected chi connectivity index (χ3v) is 13.3. The molecule has 0 atom stereocenters. The van der Waals surface area contributed by atoms with Gasteiger partial charge in [0.1, 0.15) is 0 Å². The van der Waals surface area contributed by atoms with E-state index in [1.165, 1.54) is 24.3 Å². The normalized spacial score (nSPS) is 13.0. The highest BCUT2D eigenvalue weighted by molar-refractivity contribution is 8.10. The molecule has 37 heavy (non-hydrogen) atoms. The lowest BCUT2D eigenvalue weighted by atomic mass is 10.1. The van der Waals surface area contributed by atoms with Gasteiger partial charge in [0, 0.05) is 26.5 Å². The van der Waals surface area contributed by atoms with Crippen LogP contribution in [0.25, 0.3) is 0 Å². The molecule has 0 spiro atoms. The van der Waals surface area contributed by atoms with Gasteiger partial charge in [0.25, 0.3) is 0 Å². The fourth-order valence-corrected chi connectivity index (χ4v) is 10.9. The standard InChI is InChI=1S/C30H34O4S2Si/c1-26(25-37(2,3)4)22-24-30(23-14-17-27-15-8-5-9-16-27,35(31,32)28-18-10-6-11-19-28)36(33,34)29-20-12-7-13-21-29/h5-13,15-16,18-22H,23-25H2,1-4H3/b26-22+. The molecule has 3 aromatic rings.